The number of carbonyl (C=O) groups is 1. The highest BCUT2D eigenvalue weighted by Crippen LogP contribution is 2.28. The van der Waals surface area contributed by atoms with E-state index in [4.69, 9.17) is 16.3 Å². The third-order valence-corrected chi connectivity index (χ3v) is 3.36. The molecule has 4 nitrogen and oxygen atoms in total. The molecule has 2 N–H and O–H groups in total. The zero-order chi connectivity index (χ0) is 14.5. The minimum Gasteiger partial charge on any atom is -0.389 e. The number of carbonyl (C=O) groups excluding carboxylic acids is 1. The first kappa shape index (κ1) is 15.2. The van der Waals surface area contributed by atoms with E-state index in [-0.39, 0.29) is 23.7 Å². The van der Waals surface area contributed by atoms with E-state index in [0.717, 1.165) is 6.07 Å². The standard InChI is InChI=1S/C14H17ClFNO3/c15-11-2-1-3-12(16)13(11)14(19)17-6-10(18)8-20-7-9-4-5-9/h1-3,9-10,18H,4-8H2,(H,17,19)/t10-/m0/s1. The lowest BCUT2D eigenvalue weighted by atomic mass is 10.2. The van der Waals surface area contributed by atoms with Crippen molar-refractivity contribution >= 4 is 17.5 Å². The van der Waals surface area contributed by atoms with Gasteiger partial charge in [-0.1, -0.05) is 17.7 Å². The number of hydrogen-bond donors (Lipinski definition) is 2. The zero-order valence-electron chi connectivity index (χ0n) is 10.9. The van der Waals surface area contributed by atoms with E-state index < -0.39 is 17.8 Å². The van der Waals surface area contributed by atoms with Gasteiger partial charge in [-0.2, -0.15) is 0 Å². The van der Waals surface area contributed by atoms with Crippen LogP contribution in [0.2, 0.25) is 5.02 Å². The molecule has 1 aromatic carbocycles. The SMILES string of the molecule is O=C(NC[C@H](O)COCC1CC1)c1c(F)cccc1Cl. The molecule has 1 saturated carbocycles. The molecular weight excluding hydrogens is 285 g/mol. The first-order valence-corrected chi connectivity index (χ1v) is 6.93. The summed E-state index contributed by atoms with van der Waals surface area (Å²) in [6.45, 7) is 0.792. The summed E-state index contributed by atoms with van der Waals surface area (Å²) in [5.41, 5.74) is -0.208. The predicted molar refractivity (Wildman–Crippen MR) is 73.3 cm³/mol. The minimum atomic E-state index is -0.816. The van der Waals surface area contributed by atoms with Crippen LogP contribution in [0, 0.1) is 11.7 Å². The molecule has 1 aromatic rings. The highest BCUT2D eigenvalue weighted by Gasteiger charge is 2.22. The van der Waals surface area contributed by atoms with Crippen LogP contribution in [0.25, 0.3) is 0 Å². The molecule has 0 bridgehead atoms. The Bertz CT molecular complexity index is 459. The molecule has 6 heteroatoms. The Hall–Kier alpha value is -1.17. The largest absolute Gasteiger partial charge is 0.389 e. The quantitative estimate of drug-likeness (QED) is 0.810. The molecule has 1 atom stereocenters. The van der Waals surface area contributed by atoms with Gasteiger partial charge in [0, 0.05) is 13.2 Å². The van der Waals surface area contributed by atoms with E-state index in [2.05, 4.69) is 5.32 Å². The number of amides is 1. The fourth-order valence-electron chi connectivity index (χ4n) is 1.73. The van der Waals surface area contributed by atoms with Gasteiger partial charge in [-0.15, -0.1) is 0 Å². The van der Waals surface area contributed by atoms with Crippen molar-refractivity contribution in [3.05, 3.63) is 34.6 Å². The Kier molecular flexibility index (Phi) is 5.34. The van der Waals surface area contributed by atoms with Gasteiger partial charge in [0.1, 0.15) is 5.82 Å². The van der Waals surface area contributed by atoms with Gasteiger partial charge in [0.15, 0.2) is 0 Å². The Morgan fingerprint density at radius 2 is 2.30 bits per heavy atom. The fourth-order valence-corrected chi connectivity index (χ4v) is 1.98. The van der Waals surface area contributed by atoms with Crippen LogP contribution in [0.5, 0.6) is 0 Å². The lowest BCUT2D eigenvalue weighted by Crippen LogP contribution is -2.35. The number of halogens is 2. The molecule has 0 aliphatic heterocycles. The molecule has 0 radical (unpaired) electrons. The van der Waals surface area contributed by atoms with E-state index in [1.165, 1.54) is 25.0 Å². The first-order valence-electron chi connectivity index (χ1n) is 6.56. The summed E-state index contributed by atoms with van der Waals surface area (Å²) in [5.74, 6) is -0.710. The molecule has 0 spiro atoms. The second kappa shape index (κ2) is 7.02. The molecule has 0 unspecified atom stereocenters. The van der Waals surface area contributed by atoms with Crippen molar-refractivity contribution < 1.29 is 19.0 Å². The Morgan fingerprint density at radius 1 is 1.55 bits per heavy atom. The van der Waals surface area contributed by atoms with Crippen LogP contribution in [0.1, 0.15) is 23.2 Å². The molecule has 1 aliphatic rings. The van der Waals surface area contributed by atoms with Crippen molar-refractivity contribution in [1.82, 2.24) is 5.32 Å². The van der Waals surface area contributed by atoms with E-state index in [9.17, 15) is 14.3 Å². The van der Waals surface area contributed by atoms with Crippen LogP contribution < -0.4 is 5.32 Å². The van der Waals surface area contributed by atoms with Crippen molar-refractivity contribution in [2.24, 2.45) is 5.92 Å². The second-order valence-electron chi connectivity index (χ2n) is 4.94. The third kappa shape index (κ3) is 4.44. The second-order valence-corrected chi connectivity index (χ2v) is 5.35. The zero-order valence-corrected chi connectivity index (χ0v) is 11.7. The number of hydrogen-bond acceptors (Lipinski definition) is 3. The number of nitrogens with one attached hydrogen (secondary N) is 1. The van der Waals surface area contributed by atoms with Crippen LogP contribution in [0.4, 0.5) is 4.39 Å². The molecule has 1 aliphatic carbocycles. The Labute approximate surface area is 121 Å². The first-order chi connectivity index (χ1) is 9.58. The van der Waals surface area contributed by atoms with Crippen molar-refractivity contribution in [3.63, 3.8) is 0 Å². The maximum atomic E-state index is 13.5. The van der Waals surface area contributed by atoms with E-state index in [1.807, 2.05) is 0 Å². The fraction of sp³-hybridized carbons (Fsp3) is 0.500. The molecular formula is C14H17ClFNO3. The van der Waals surface area contributed by atoms with Gasteiger partial charge in [-0.25, -0.2) is 4.39 Å². The summed E-state index contributed by atoms with van der Waals surface area (Å²) in [4.78, 5) is 11.8. The lowest BCUT2D eigenvalue weighted by Gasteiger charge is -2.13. The summed E-state index contributed by atoms with van der Waals surface area (Å²) >= 11 is 5.78. The average Bonchev–Trinajstić information content (AvgIpc) is 3.20. The van der Waals surface area contributed by atoms with Gasteiger partial charge in [0.05, 0.1) is 23.3 Å². The van der Waals surface area contributed by atoms with Crippen molar-refractivity contribution in [2.45, 2.75) is 18.9 Å². The Morgan fingerprint density at radius 3 is 2.95 bits per heavy atom. The molecule has 20 heavy (non-hydrogen) atoms. The van der Waals surface area contributed by atoms with Crippen LogP contribution >= 0.6 is 11.6 Å². The summed E-state index contributed by atoms with van der Waals surface area (Å²) < 4.78 is 18.8. The number of rotatable bonds is 7. The predicted octanol–water partition coefficient (Wildman–Crippen LogP) is 2.00. The maximum absolute atomic E-state index is 13.5. The van der Waals surface area contributed by atoms with Gasteiger partial charge >= 0.3 is 0 Å². The lowest BCUT2D eigenvalue weighted by molar-refractivity contribution is 0.0320. The van der Waals surface area contributed by atoms with Gasteiger partial charge in [0.2, 0.25) is 0 Å². The van der Waals surface area contributed by atoms with Crippen LogP contribution in [0.3, 0.4) is 0 Å². The molecule has 2 rings (SSSR count). The van der Waals surface area contributed by atoms with Gasteiger partial charge in [-0.05, 0) is 30.9 Å². The molecule has 1 amide bonds. The average molecular weight is 302 g/mol. The Balaban J connectivity index is 1.76. The van der Waals surface area contributed by atoms with Crippen LogP contribution in [-0.4, -0.2) is 36.9 Å². The minimum absolute atomic E-state index is 0.00579. The summed E-state index contributed by atoms with van der Waals surface area (Å²) in [7, 11) is 0. The number of benzene rings is 1. The summed E-state index contributed by atoms with van der Waals surface area (Å²) in [5, 5.41) is 12.1. The smallest absolute Gasteiger partial charge is 0.255 e. The summed E-state index contributed by atoms with van der Waals surface area (Å²) in [6.07, 6.45) is 1.54. The molecule has 110 valence electrons. The highest BCUT2D eigenvalue weighted by atomic mass is 35.5. The normalized spacial score (nSPS) is 15.9. The third-order valence-electron chi connectivity index (χ3n) is 3.05. The van der Waals surface area contributed by atoms with E-state index in [0.29, 0.717) is 12.5 Å². The van der Waals surface area contributed by atoms with Crippen LogP contribution in [0.15, 0.2) is 18.2 Å². The van der Waals surface area contributed by atoms with Crippen LogP contribution in [-0.2, 0) is 4.74 Å². The van der Waals surface area contributed by atoms with E-state index in [1.54, 1.807) is 0 Å². The van der Waals surface area contributed by atoms with Gasteiger partial charge < -0.3 is 15.2 Å². The summed E-state index contributed by atoms with van der Waals surface area (Å²) in [6, 6.07) is 4.03. The van der Waals surface area contributed by atoms with Crippen molar-refractivity contribution in [3.8, 4) is 0 Å². The monoisotopic (exact) mass is 301 g/mol. The van der Waals surface area contributed by atoms with Crippen molar-refractivity contribution in [1.29, 1.82) is 0 Å². The van der Waals surface area contributed by atoms with Crippen molar-refractivity contribution in [2.75, 3.05) is 19.8 Å². The maximum Gasteiger partial charge on any atom is 0.255 e. The highest BCUT2D eigenvalue weighted by molar-refractivity contribution is 6.33. The number of aliphatic hydroxyl groups is 1. The molecule has 0 aromatic heterocycles. The number of ether oxygens (including phenoxy) is 1. The van der Waals surface area contributed by atoms with Gasteiger partial charge in [-0.3, -0.25) is 4.79 Å². The molecule has 1 fully saturated rings. The molecule has 0 heterocycles. The topological polar surface area (TPSA) is 58.6 Å². The van der Waals surface area contributed by atoms with E-state index >= 15 is 0 Å². The van der Waals surface area contributed by atoms with Gasteiger partial charge in [0.25, 0.3) is 5.91 Å². The number of aliphatic hydroxyl groups excluding tert-OH is 1. The molecule has 0 saturated heterocycles.